The van der Waals surface area contributed by atoms with Crippen molar-refractivity contribution in [2.75, 3.05) is 0 Å². The lowest BCUT2D eigenvalue weighted by molar-refractivity contribution is 1.21. The molecule has 0 saturated heterocycles. The smallest absolute Gasteiger partial charge is 0.107 e. The van der Waals surface area contributed by atoms with E-state index in [1.165, 1.54) is 0 Å². The monoisotopic (exact) mass is 437 g/mol. The second-order valence-electron chi connectivity index (χ2n) is 3.37. The second kappa shape index (κ2) is 5.83. The molecule has 0 atom stereocenters. The highest BCUT2D eigenvalue weighted by atomic mass is 79.9. The predicted octanol–water partition coefficient (Wildman–Crippen LogP) is 5.82. The Hall–Kier alpha value is 0.1000. The number of nitrogens with zero attached hydrogens (tertiary/aromatic N) is 1. The van der Waals surface area contributed by atoms with Crippen LogP contribution in [0.15, 0.2) is 39.4 Å². The van der Waals surface area contributed by atoms with Gasteiger partial charge in [0.1, 0.15) is 4.60 Å². The van der Waals surface area contributed by atoms with Gasteiger partial charge in [0, 0.05) is 26.0 Å². The lowest BCUT2D eigenvalue weighted by atomic mass is 10.1. The van der Waals surface area contributed by atoms with E-state index in [0.717, 1.165) is 25.9 Å². The summed E-state index contributed by atoms with van der Waals surface area (Å²) in [4.78, 5) is 4.51. The van der Waals surface area contributed by atoms with Crippen LogP contribution in [-0.4, -0.2) is 4.98 Å². The topological polar surface area (TPSA) is 12.9 Å². The minimum atomic E-state index is 0.701. The van der Waals surface area contributed by atoms with Crippen molar-refractivity contribution < 1.29 is 0 Å². The fraction of sp³-hybridized carbons (Fsp3) is 0.0833. The maximum absolute atomic E-state index is 6.21. The molecule has 17 heavy (non-hydrogen) atoms. The van der Waals surface area contributed by atoms with E-state index in [-0.39, 0.29) is 0 Å². The van der Waals surface area contributed by atoms with E-state index in [1.807, 2.05) is 30.3 Å². The van der Waals surface area contributed by atoms with Gasteiger partial charge in [-0.3, -0.25) is 0 Å². The molecule has 0 N–H and O–H groups in total. The van der Waals surface area contributed by atoms with Crippen LogP contribution in [0.2, 0.25) is 5.02 Å². The average molecular weight is 440 g/mol. The fourth-order valence-electron chi connectivity index (χ4n) is 1.51. The maximum Gasteiger partial charge on any atom is 0.107 e. The molecule has 0 fully saturated rings. The van der Waals surface area contributed by atoms with Crippen molar-refractivity contribution >= 4 is 59.4 Å². The molecule has 2 aromatic rings. The molecule has 0 bridgehead atoms. The van der Waals surface area contributed by atoms with Crippen LogP contribution in [0.1, 0.15) is 5.56 Å². The van der Waals surface area contributed by atoms with E-state index in [1.54, 1.807) is 0 Å². The summed E-state index contributed by atoms with van der Waals surface area (Å²) in [6.07, 6.45) is 0. The Labute approximate surface area is 130 Å². The minimum absolute atomic E-state index is 0.701. The van der Waals surface area contributed by atoms with Gasteiger partial charge in [-0.25, -0.2) is 4.98 Å². The number of benzene rings is 1. The van der Waals surface area contributed by atoms with E-state index in [0.29, 0.717) is 10.4 Å². The quantitative estimate of drug-likeness (QED) is 0.424. The molecule has 1 aromatic heterocycles. The molecule has 0 aliphatic heterocycles. The standard InChI is InChI=1S/C12H7Br3ClN/c13-6-8-9(14)5-11(15)17-12(8)7-3-1-2-4-10(7)16/h1-5H,6H2. The van der Waals surface area contributed by atoms with E-state index in [2.05, 4.69) is 52.8 Å². The van der Waals surface area contributed by atoms with E-state index in [4.69, 9.17) is 11.6 Å². The summed E-state index contributed by atoms with van der Waals surface area (Å²) in [7, 11) is 0. The van der Waals surface area contributed by atoms with Crippen LogP contribution >= 0.6 is 59.4 Å². The zero-order chi connectivity index (χ0) is 12.4. The van der Waals surface area contributed by atoms with E-state index >= 15 is 0 Å². The molecule has 5 heteroatoms. The summed E-state index contributed by atoms with van der Waals surface area (Å²) in [5.74, 6) is 0. The highest BCUT2D eigenvalue weighted by Gasteiger charge is 2.13. The Bertz CT molecular complexity index is 557. The molecule has 0 unspecified atom stereocenters. The number of alkyl halides is 1. The fourth-order valence-corrected chi connectivity index (χ4v) is 3.94. The second-order valence-corrected chi connectivity index (χ2v) is 6.00. The Balaban J connectivity index is 2.70. The number of halogens is 4. The van der Waals surface area contributed by atoms with Gasteiger partial charge in [0.05, 0.1) is 5.69 Å². The molecule has 0 spiro atoms. The first-order valence-corrected chi connectivity index (χ1v) is 7.88. The summed E-state index contributed by atoms with van der Waals surface area (Å²) < 4.78 is 1.79. The van der Waals surface area contributed by atoms with Gasteiger partial charge < -0.3 is 0 Å². The van der Waals surface area contributed by atoms with Gasteiger partial charge in [-0.1, -0.05) is 61.7 Å². The van der Waals surface area contributed by atoms with Crippen LogP contribution in [0.5, 0.6) is 0 Å². The average Bonchev–Trinajstić information content (AvgIpc) is 2.28. The zero-order valence-corrected chi connectivity index (χ0v) is 14.1. The van der Waals surface area contributed by atoms with Crippen molar-refractivity contribution in [1.82, 2.24) is 4.98 Å². The summed E-state index contributed by atoms with van der Waals surface area (Å²) in [5.41, 5.74) is 2.90. The van der Waals surface area contributed by atoms with Crippen molar-refractivity contribution in [2.24, 2.45) is 0 Å². The number of hydrogen-bond donors (Lipinski definition) is 0. The summed E-state index contributed by atoms with van der Waals surface area (Å²) >= 11 is 16.6. The Morgan fingerprint density at radius 2 is 1.88 bits per heavy atom. The van der Waals surface area contributed by atoms with Gasteiger partial charge in [0.15, 0.2) is 0 Å². The molecule has 2 rings (SSSR count). The first-order valence-electron chi connectivity index (χ1n) is 4.79. The number of aromatic nitrogens is 1. The highest BCUT2D eigenvalue weighted by Crippen LogP contribution is 2.35. The number of rotatable bonds is 2. The van der Waals surface area contributed by atoms with E-state index in [9.17, 15) is 0 Å². The highest BCUT2D eigenvalue weighted by molar-refractivity contribution is 9.11. The molecule has 1 nitrogen and oxygen atoms in total. The number of pyridine rings is 1. The lowest BCUT2D eigenvalue weighted by Gasteiger charge is -2.10. The first-order chi connectivity index (χ1) is 8.13. The minimum Gasteiger partial charge on any atom is -0.240 e. The third-order valence-corrected chi connectivity index (χ3v) is 4.31. The predicted molar refractivity (Wildman–Crippen MR) is 82.7 cm³/mol. The Morgan fingerprint density at radius 1 is 1.18 bits per heavy atom. The molecular formula is C12H7Br3ClN. The van der Waals surface area contributed by atoms with Gasteiger partial charge in [0.2, 0.25) is 0 Å². The molecular weight excluding hydrogens is 433 g/mol. The van der Waals surface area contributed by atoms with Crippen molar-refractivity contribution in [3.05, 3.63) is 50.0 Å². The van der Waals surface area contributed by atoms with Crippen LogP contribution in [-0.2, 0) is 5.33 Å². The molecule has 0 saturated carbocycles. The lowest BCUT2D eigenvalue weighted by Crippen LogP contribution is -1.94. The molecule has 88 valence electrons. The van der Waals surface area contributed by atoms with Crippen LogP contribution in [0.25, 0.3) is 11.3 Å². The zero-order valence-electron chi connectivity index (χ0n) is 8.55. The molecule has 0 aliphatic rings. The molecule has 0 radical (unpaired) electrons. The molecule has 0 aliphatic carbocycles. The van der Waals surface area contributed by atoms with Crippen molar-refractivity contribution in [1.29, 1.82) is 0 Å². The summed E-state index contributed by atoms with van der Waals surface area (Å²) in [6.45, 7) is 0. The third kappa shape index (κ3) is 2.92. The normalized spacial score (nSPS) is 10.6. The molecule has 1 aromatic carbocycles. The van der Waals surface area contributed by atoms with Crippen LogP contribution in [0.3, 0.4) is 0 Å². The SMILES string of the molecule is Clc1ccccc1-c1nc(Br)cc(Br)c1CBr. The van der Waals surface area contributed by atoms with Crippen LogP contribution in [0.4, 0.5) is 0 Å². The molecule has 0 amide bonds. The van der Waals surface area contributed by atoms with Gasteiger partial charge in [-0.2, -0.15) is 0 Å². The Morgan fingerprint density at radius 3 is 2.53 bits per heavy atom. The van der Waals surface area contributed by atoms with Crippen molar-refractivity contribution in [3.63, 3.8) is 0 Å². The van der Waals surface area contributed by atoms with Gasteiger partial charge in [0.25, 0.3) is 0 Å². The first kappa shape index (κ1) is 13.5. The van der Waals surface area contributed by atoms with E-state index < -0.39 is 0 Å². The van der Waals surface area contributed by atoms with Crippen molar-refractivity contribution in [3.8, 4) is 11.3 Å². The van der Waals surface area contributed by atoms with Gasteiger partial charge >= 0.3 is 0 Å². The van der Waals surface area contributed by atoms with Crippen LogP contribution < -0.4 is 0 Å². The summed E-state index contributed by atoms with van der Waals surface area (Å²) in [6, 6.07) is 9.63. The van der Waals surface area contributed by atoms with Gasteiger partial charge in [-0.05, 0) is 28.1 Å². The van der Waals surface area contributed by atoms with Crippen LogP contribution in [0, 0.1) is 0 Å². The Kier molecular flexibility index (Phi) is 4.64. The maximum atomic E-state index is 6.21. The number of hydrogen-bond acceptors (Lipinski definition) is 1. The summed E-state index contributed by atoms with van der Waals surface area (Å²) in [5, 5.41) is 1.42. The third-order valence-electron chi connectivity index (χ3n) is 2.30. The van der Waals surface area contributed by atoms with Crippen molar-refractivity contribution in [2.45, 2.75) is 5.33 Å². The largest absolute Gasteiger partial charge is 0.240 e. The molecule has 1 heterocycles. The van der Waals surface area contributed by atoms with Gasteiger partial charge in [-0.15, -0.1) is 0 Å².